The van der Waals surface area contributed by atoms with Crippen LogP contribution in [0.15, 0.2) is 0 Å². The number of ether oxygens (including phenoxy) is 2. The van der Waals surface area contributed by atoms with E-state index in [0.29, 0.717) is 0 Å². The molecule has 0 aromatic heterocycles. The van der Waals surface area contributed by atoms with Crippen LogP contribution in [0.25, 0.3) is 0 Å². The maximum absolute atomic E-state index is 10.6. The average molecular weight is 272 g/mol. The zero-order valence-electron chi connectivity index (χ0n) is 9.46. The monoisotopic (exact) mass is 272 g/mol. The van der Waals surface area contributed by atoms with E-state index < -0.39 is 44.9 Å². The Balaban J connectivity index is 2.62. The molecule has 102 valence electrons. The van der Waals surface area contributed by atoms with Crippen molar-refractivity contribution in [3.05, 3.63) is 0 Å². The topological polar surface area (TPSA) is 126 Å². The van der Waals surface area contributed by atoms with Gasteiger partial charge in [0.05, 0.1) is 18.8 Å². The summed E-state index contributed by atoms with van der Waals surface area (Å²) >= 11 is 0. The fourth-order valence-corrected chi connectivity index (χ4v) is 1.97. The number of hydrogen-bond acceptors (Lipinski definition) is 6. The highest BCUT2D eigenvalue weighted by molar-refractivity contribution is 7.46. The molecule has 0 aromatic carbocycles. The van der Waals surface area contributed by atoms with Crippen LogP contribution in [0.1, 0.15) is 6.92 Å². The van der Waals surface area contributed by atoms with Crippen molar-refractivity contribution in [1.82, 2.24) is 0 Å². The molecule has 0 saturated carbocycles. The first-order valence-electron chi connectivity index (χ1n) is 5.00. The molecule has 4 N–H and O–H groups in total. The van der Waals surface area contributed by atoms with Crippen molar-refractivity contribution in [3.63, 3.8) is 0 Å². The van der Waals surface area contributed by atoms with Gasteiger partial charge in [0.15, 0.2) is 6.29 Å². The zero-order chi connectivity index (χ0) is 13.2. The Morgan fingerprint density at radius 3 is 2.35 bits per heavy atom. The molecule has 0 aliphatic carbocycles. The second-order valence-corrected chi connectivity index (χ2v) is 5.14. The Bertz CT molecular complexity index is 289. The third-order valence-corrected chi connectivity index (χ3v) is 3.19. The number of rotatable bonds is 4. The van der Waals surface area contributed by atoms with Crippen LogP contribution in [0.3, 0.4) is 0 Å². The van der Waals surface area contributed by atoms with E-state index in [0.717, 1.165) is 0 Å². The molecule has 1 rings (SSSR count). The Hall–Kier alpha value is -0.0500. The van der Waals surface area contributed by atoms with Crippen molar-refractivity contribution < 1.29 is 38.6 Å². The molecular weight excluding hydrogens is 255 g/mol. The zero-order valence-corrected chi connectivity index (χ0v) is 10.4. The summed E-state index contributed by atoms with van der Waals surface area (Å²) in [5, 5.41) is 19.2. The van der Waals surface area contributed by atoms with Crippen molar-refractivity contribution >= 4 is 7.82 Å². The fraction of sp³-hybridized carbons (Fsp3) is 1.00. The van der Waals surface area contributed by atoms with Crippen LogP contribution >= 0.6 is 7.82 Å². The molecule has 2 unspecified atom stereocenters. The molecule has 1 fully saturated rings. The van der Waals surface area contributed by atoms with Crippen LogP contribution in [-0.4, -0.2) is 58.3 Å². The molecule has 1 aliphatic heterocycles. The molecule has 0 radical (unpaired) electrons. The summed E-state index contributed by atoms with van der Waals surface area (Å²) < 4.78 is 24.9. The maximum atomic E-state index is 10.6. The summed E-state index contributed by atoms with van der Waals surface area (Å²) in [7, 11) is -3.30. The van der Waals surface area contributed by atoms with Gasteiger partial charge in [-0.3, -0.25) is 4.52 Å². The quantitative estimate of drug-likeness (QED) is 0.471. The molecule has 1 heterocycles. The lowest BCUT2D eigenvalue weighted by Crippen LogP contribution is -2.55. The van der Waals surface area contributed by atoms with Gasteiger partial charge < -0.3 is 29.5 Å². The second kappa shape index (κ2) is 5.73. The molecule has 0 aromatic rings. The van der Waals surface area contributed by atoms with Gasteiger partial charge in [0, 0.05) is 13.0 Å². The minimum absolute atomic E-state index is 0.394. The number of methoxy groups -OCH3 is 1. The van der Waals surface area contributed by atoms with Crippen LogP contribution in [0.5, 0.6) is 0 Å². The van der Waals surface area contributed by atoms with Crippen LogP contribution in [0.2, 0.25) is 0 Å². The van der Waals surface area contributed by atoms with E-state index in [9.17, 15) is 14.8 Å². The van der Waals surface area contributed by atoms with Crippen molar-refractivity contribution in [1.29, 1.82) is 0 Å². The third-order valence-electron chi connectivity index (χ3n) is 2.70. The Morgan fingerprint density at radius 2 is 1.88 bits per heavy atom. The Labute approximate surface area is 98.4 Å². The van der Waals surface area contributed by atoms with E-state index in [1.54, 1.807) is 6.92 Å². The highest BCUT2D eigenvalue weighted by Crippen LogP contribution is 2.37. The smallest absolute Gasteiger partial charge is 0.390 e. The van der Waals surface area contributed by atoms with E-state index in [2.05, 4.69) is 4.52 Å². The highest BCUT2D eigenvalue weighted by atomic mass is 31.2. The number of hydrogen-bond donors (Lipinski definition) is 4. The molecule has 1 aliphatic rings. The highest BCUT2D eigenvalue weighted by Gasteiger charge is 2.42. The van der Waals surface area contributed by atoms with Gasteiger partial charge in [0.25, 0.3) is 0 Å². The van der Waals surface area contributed by atoms with E-state index >= 15 is 0 Å². The van der Waals surface area contributed by atoms with Crippen LogP contribution in [-0.2, 0) is 18.6 Å². The normalized spacial score (nSPS) is 39.3. The fourth-order valence-electron chi connectivity index (χ4n) is 1.63. The van der Waals surface area contributed by atoms with E-state index in [1.807, 2.05) is 0 Å². The minimum atomic E-state index is -4.59. The van der Waals surface area contributed by atoms with E-state index in [1.165, 1.54) is 7.11 Å². The summed E-state index contributed by atoms with van der Waals surface area (Å²) in [6, 6.07) is 0. The summed E-state index contributed by atoms with van der Waals surface area (Å²) in [6.45, 7) is 1.18. The number of aliphatic hydroxyl groups is 2. The molecular formula is C8H17O8P. The van der Waals surface area contributed by atoms with Crippen molar-refractivity contribution in [2.45, 2.75) is 31.5 Å². The van der Waals surface area contributed by atoms with Gasteiger partial charge in [-0.2, -0.15) is 0 Å². The van der Waals surface area contributed by atoms with Crippen LogP contribution in [0, 0.1) is 5.92 Å². The van der Waals surface area contributed by atoms with Crippen molar-refractivity contribution in [2.75, 3.05) is 13.7 Å². The van der Waals surface area contributed by atoms with Crippen LogP contribution < -0.4 is 0 Å². The Kier molecular flexibility index (Phi) is 5.06. The predicted molar refractivity (Wildman–Crippen MR) is 54.8 cm³/mol. The molecule has 0 amide bonds. The van der Waals surface area contributed by atoms with Gasteiger partial charge in [0.1, 0.15) is 6.10 Å². The molecule has 17 heavy (non-hydrogen) atoms. The number of phosphoric ester groups is 1. The standard InChI is InChI=1S/C8H17O8P/c1-4-5(3-15-17(11,12)13)16-8(14-2)7(10)6(4)9/h4-10H,3H2,1-2H3,(H2,11,12,13)/t4-,5?,6+,7?,8-/m0/s1. The second-order valence-electron chi connectivity index (χ2n) is 3.91. The largest absolute Gasteiger partial charge is 0.469 e. The molecule has 8 nitrogen and oxygen atoms in total. The third kappa shape index (κ3) is 3.97. The van der Waals surface area contributed by atoms with Crippen molar-refractivity contribution in [3.8, 4) is 0 Å². The predicted octanol–water partition coefficient (Wildman–Crippen LogP) is -1.18. The average Bonchev–Trinajstić information content (AvgIpc) is 2.24. The minimum Gasteiger partial charge on any atom is -0.390 e. The van der Waals surface area contributed by atoms with E-state index in [-0.39, 0.29) is 0 Å². The summed E-state index contributed by atoms with van der Waals surface area (Å²) in [4.78, 5) is 17.1. The molecule has 0 bridgehead atoms. The van der Waals surface area contributed by atoms with Gasteiger partial charge in [-0.05, 0) is 0 Å². The maximum Gasteiger partial charge on any atom is 0.469 e. The molecule has 1 saturated heterocycles. The number of aliphatic hydroxyl groups excluding tert-OH is 2. The first-order chi connectivity index (χ1) is 7.76. The summed E-state index contributed by atoms with van der Waals surface area (Å²) in [6.07, 6.45) is -4.14. The Morgan fingerprint density at radius 1 is 1.29 bits per heavy atom. The van der Waals surface area contributed by atoms with Crippen molar-refractivity contribution in [2.24, 2.45) is 5.92 Å². The lowest BCUT2D eigenvalue weighted by molar-refractivity contribution is -0.279. The lowest BCUT2D eigenvalue weighted by Gasteiger charge is -2.40. The first-order valence-corrected chi connectivity index (χ1v) is 6.53. The van der Waals surface area contributed by atoms with Crippen LogP contribution in [0.4, 0.5) is 0 Å². The molecule has 0 spiro atoms. The summed E-state index contributed by atoms with van der Waals surface area (Å²) in [5.74, 6) is -0.539. The van der Waals surface area contributed by atoms with Gasteiger partial charge in [-0.1, -0.05) is 6.92 Å². The number of phosphoric acid groups is 1. The van der Waals surface area contributed by atoms with Gasteiger partial charge in [-0.15, -0.1) is 0 Å². The van der Waals surface area contributed by atoms with Gasteiger partial charge in [-0.25, -0.2) is 4.57 Å². The lowest BCUT2D eigenvalue weighted by atomic mass is 9.91. The van der Waals surface area contributed by atoms with Gasteiger partial charge in [0.2, 0.25) is 0 Å². The summed E-state index contributed by atoms with van der Waals surface area (Å²) in [5.41, 5.74) is 0. The molecule has 5 atom stereocenters. The van der Waals surface area contributed by atoms with Gasteiger partial charge >= 0.3 is 7.82 Å². The SMILES string of the molecule is CO[C@H]1OC(COP(=O)(O)O)[C@H](C)[C@@H](O)C1O. The molecule has 9 heteroatoms. The first kappa shape index (κ1) is 15.0. The van der Waals surface area contributed by atoms with E-state index in [4.69, 9.17) is 19.3 Å².